The minimum absolute atomic E-state index is 0.362. The van der Waals surface area contributed by atoms with Gasteiger partial charge in [-0.1, -0.05) is 37.3 Å². The van der Waals surface area contributed by atoms with Gasteiger partial charge in [-0.3, -0.25) is 0 Å². The topological polar surface area (TPSA) is 49.3 Å². The highest BCUT2D eigenvalue weighted by atomic mass is 16.4. The third-order valence-electron chi connectivity index (χ3n) is 2.81. The second-order valence-corrected chi connectivity index (χ2v) is 3.90. The minimum atomic E-state index is -0.879. The molecular formula is C14H15NO2. The first-order valence-corrected chi connectivity index (χ1v) is 5.68. The summed E-state index contributed by atoms with van der Waals surface area (Å²) in [4.78, 5) is 11.1. The largest absolute Gasteiger partial charge is 0.478 e. The van der Waals surface area contributed by atoms with Crippen molar-refractivity contribution in [1.29, 1.82) is 0 Å². The van der Waals surface area contributed by atoms with Gasteiger partial charge in [0, 0.05) is 6.54 Å². The van der Waals surface area contributed by atoms with Crippen LogP contribution in [0.25, 0.3) is 10.8 Å². The second-order valence-electron chi connectivity index (χ2n) is 3.90. The maximum atomic E-state index is 11.1. The highest BCUT2D eigenvalue weighted by Crippen LogP contribution is 2.22. The van der Waals surface area contributed by atoms with Gasteiger partial charge in [-0.25, -0.2) is 4.79 Å². The molecule has 0 radical (unpaired) electrons. The van der Waals surface area contributed by atoms with Crippen LogP contribution in [0.15, 0.2) is 36.4 Å². The number of carbonyl (C=O) groups is 1. The summed E-state index contributed by atoms with van der Waals surface area (Å²) in [6.45, 7) is 3.71. The van der Waals surface area contributed by atoms with Crippen LogP contribution >= 0.6 is 0 Å². The summed E-state index contributed by atoms with van der Waals surface area (Å²) in [6.07, 6.45) is 0. The number of fused-ring (bicyclic) bond motifs is 1. The van der Waals surface area contributed by atoms with Gasteiger partial charge in [-0.15, -0.1) is 0 Å². The molecule has 0 saturated heterocycles. The maximum absolute atomic E-state index is 11.1. The van der Waals surface area contributed by atoms with E-state index < -0.39 is 5.97 Å². The molecule has 2 rings (SSSR count). The van der Waals surface area contributed by atoms with Gasteiger partial charge in [0.1, 0.15) is 0 Å². The highest BCUT2D eigenvalue weighted by molar-refractivity contribution is 6.04. The van der Waals surface area contributed by atoms with Crippen molar-refractivity contribution >= 4 is 16.7 Å². The van der Waals surface area contributed by atoms with Gasteiger partial charge < -0.3 is 10.4 Å². The lowest BCUT2D eigenvalue weighted by molar-refractivity contribution is 0.0699. The van der Waals surface area contributed by atoms with Crippen LogP contribution in [0.5, 0.6) is 0 Å². The molecular weight excluding hydrogens is 214 g/mol. The highest BCUT2D eigenvalue weighted by Gasteiger charge is 2.09. The normalized spacial score (nSPS) is 10.6. The van der Waals surface area contributed by atoms with Gasteiger partial charge >= 0.3 is 5.97 Å². The van der Waals surface area contributed by atoms with E-state index in [-0.39, 0.29) is 0 Å². The molecule has 2 aromatic rings. The molecule has 3 heteroatoms. The molecule has 0 bridgehead atoms. The average Bonchev–Trinajstić information content (AvgIpc) is 2.35. The molecule has 0 unspecified atom stereocenters. The van der Waals surface area contributed by atoms with E-state index in [0.29, 0.717) is 5.56 Å². The number of aromatic carboxylic acids is 1. The van der Waals surface area contributed by atoms with Crippen molar-refractivity contribution in [2.45, 2.75) is 13.5 Å². The van der Waals surface area contributed by atoms with E-state index in [1.54, 1.807) is 12.1 Å². The molecule has 17 heavy (non-hydrogen) atoms. The van der Waals surface area contributed by atoms with Gasteiger partial charge in [0.25, 0.3) is 0 Å². The zero-order valence-electron chi connectivity index (χ0n) is 9.73. The molecule has 88 valence electrons. The van der Waals surface area contributed by atoms with Crippen LogP contribution in [0.1, 0.15) is 22.8 Å². The van der Waals surface area contributed by atoms with E-state index in [0.717, 1.165) is 29.4 Å². The Hall–Kier alpha value is -1.87. The molecule has 0 heterocycles. The van der Waals surface area contributed by atoms with E-state index in [4.69, 9.17) is 5.11 Å². The van der Waals surface area contributed by atoms with Crippen LogP contribution in [0.4, 0.5) is 0 Å². The summed E-state index contributed by atoms with van der Waals surface area (Å²) >= 11 is 0. The van der Waals surface area contributed by atoms with E-state index in [1.165, 1.54) is 0 Å². The van der Waals surface area contributed by atoms with E-state index in [2.05, 4.69) is 5.32 Å². The van der Waals surface area contributed by atoms with Gasteiger partial charge in [0.2, 0.25) is 0 Å². The molecule has 0 spiro atoms. The Bertz CT molecular complexity index is 549. The van der Waals surface area contributed by atoms with Crippen LogP contribution in [0.2, 0.25) is 0 Å². The summed E-state index contributed by atoms with van der Waals surface area (Å²) in [6, 6.07) is 11.2. The standard InChI is InChI=1S/C14H15NO2/c1-2-15-9-10-5-3-7-12-11(10)6-4-8-13(12)14(16)17/h3-8,15H,2,9H2,1H3,(H,16,17). The van der Waals surface area contributed by atoms with Gasteiger partial charge in [0.05, 0.1) is 5.56 Å². The zero-order chi connectivity index (χ0) is 12.3. The molecule has 2 N–H and O–H groups in total. The molecule has 0 atom stereocenters. The maximum Gasteiger partial charge on any atom is 0.336 e. The monoisotopic (exact) mass is 229 g/mol. The lowest BCUT2D eigenvalue weighted by Crippen LogP contribution is -2.12. The Kier molecular flexibility index (Phi) is 3.40. The van der Waals surface area contributed by atoms with Crippen molar-refractivity contribution in [3.05, 3.63) is 47.5 Å². The summed E-state index contributed by atoms with van der Waals surface area (Å²) < 4.78 is 0. The Balaban J connectivity index is 2.57. The van der Waals surface area contributed by atoms with Crippen molar-refractivity contribution < 1.29 is 9.90 Å². The predicted octanol–water partition coefficient (Wildman–Crippen LogP) is 2.65. The number of benzene rings is 2. The Labute approximate surface area is 100 Å². The Morgan fingerprint density at radius 3 is 2.59 bits per heavy atom. The SMILES string of the molecule is CCNCc1cccc2c(C(=O)O)cccc12. The van der Waals surface area contributed by atoms with Crippen molar-refractivity contribution in [2.75, 3.05) is 6.54 Å². The number of hydrogen-bond acceptors (Lipinski definition) is 2. The number of hydrogen-bond donors (Lipinski definition) is 2. The summed E-state index contributed by atoms with van der Waals surface area (Å²) in [5.74, 6) is -0.879. The number of carboxylic acids is 1. The van der Waals surface area contributed by atoms with Crippen molar-refractivity contribution in [3.63, 3.8) is 0 Å². The van der Waals surface area contributed by atoms with Crippen LogP contribution < -0.4 is 5.32 Å². The fourth-order valence-electron chi connectivity index (χ4n) is 1.98. The van der Waals surface area contributed by atoms with Crippen LogP contribution in [0, 0.1) is 0 Å². The fraction of sp³-hybridized carbons (Fsp3) is 0.214. The third kappa shape index (κ3) is 2.29. The molecule has 0 aliphatic rings. The Morgan fingerprint density at radius 2 is 1.88 bits per heavy atom. The van der Waals surface area contributed by atoms with E-state index >= 15 is 0 Å². The second kappa shape index (κ2) is 4.97. The van der Waals surface area contributed by atoms with Gasteiger partial charge in [-0.2, -0.15) is 0 Å². The Morgan fingerprint density at radius 1 is 1.18 bits per heavy atom. The lowest BCUT2D eigenvalue weighted by atomic mass is 10.00. The third-order valence-corrected chi connectivity index (χ3v) is 2.81. The quantitative estimate of drug-likeness (QED) is 0.847. The van der Waals surface area contributed by atoms with Crippen molar-refractivity contribution in [2.24, 2.45) is 0 Å². The zero-order valence-corrected chi connectivity index (χ0v) is 9.73. The van der Waals surface area contributed by atoms with Crippen LogP contribution in [0.3, 0.4) is 0 Å². The lowest BCUT2D eigenvalue weighted by Gasteiger charge is -2.08. The summed E-state index contributed by atoms with van der Waals surface area (Å²) in [5, 5.41) is 14.2. The number of carboxylic acid groups (broad SMARTS) is 1. The molecule has 0 aliphatic heterocycles. The molecule has 0 aliphatic carbocycles. The van der Waals surface area contributed by atoms with Gasteiger partial charge in [0.15, 0.2) is 0 Å². The molecule has 2 aromatic carbocycles. The van der Waals surface area contributed by atoms with Crippen LogP contribution in [-0.2, 0) is 6.54 Å². The molecule has 0 aromatic heterocycles. The smallest absolute Gasteiger partial charge is 0.336 e. The summed E-state index contributed by atoms with van der Waals surface area (Å²) in [7, 11) is 0. The first-order valence-electron chi connectivity index (χ1n) is 5.68. The van der Waals surface area contributed by atoms with Gasteiger partial charge in [-0.05, 0) is 28.9 Å². The van der Waals surface area contributed by atoms with Crippen molar-refractivity contribution in [3.8, 4) is 0 Å². The molecule has 0 fully saturated rings. The minimum Gasteiger partial charge on any atom is -0.478 e. The molecule has 0 saturated carbocycles. The van der Waals surface area contributed by atoms with Crippen molar-refractivity contribution in [1.82, 2.24) is 5.32 Å². The van der Waals surface area contributed by atoms with E-state index in [9.17, 15) is 4.79 Å². The van der Waals surface area contributed by atoms with Crippen LogP contribution in [-0.4, -0.2) is 17.6 Å². The van der Waals surface area contributed by atoms with E-state index in [1.807, 2.05) is 31.2 Å². The number of nitrogens with one attached hydrogen (secondary N) is 1. The molecule has 0 amide bonds. The number of rotatable bonds is 4. The average molecular weight is 229 g/mol. The predicted molar refractivity (Wildman–Crippen MR) is 68.3 cm³/mol. The first-order chi connectivity index (χ1) is 8.24. The fourth-order valence-corrected chi connectivity index (χ4v) is 1.98. The summed E-state index contributed by atoms with van der Waals surface area (Å²) in [5.41, 5.74) is 1.49. The molecule has 3 nitrogen and oxygen atoms in total. The first kappa shape index (κ1) is 11.6.